The Labute approximate surface area is 107 Å². The van der Waals surface area contributed by atoms with Crippen LogP contribution in [0.5, 0.6) is 0 Å². The molecule has 0 heterocycles. The molecule has 1 aromatic carbocycles. The molecule has 0 bridgehead atoms. The molecule has 1 aliphatic rings. The summed E-state index contributed by atoms with van der Waals surface area (Å²) in [6.45, 7) is 4.41. The van der Waals surface area contributed by atoms with Crippen LogP contribution >= 0.6 is 0 Å². The van der Waals surface area contributed by atoms with Gasteiger partial charge in [0.1, 0.15) is 5.82 Å². The van der Waals surface area contributed by atoms with E-state index in [-0.39, 0.29) is 11.6 Å². The van der Waals surface area contributed by atoms with Gasteiger partial charge in [0.2, 0.25) is 0 Å². The number of ketones is 1. The third-order valence-corrected chi connectivity index (χ3v) is 3.56. The van der Waals surface area contributed by atoms with Crippen LogP contribution in [-0.4, -0.2) is 18.5 Å². The second-order valence-corrected chi connectivity index (χ2v) is 5.01. The first-order valence-electron chi connectivity index (χ1n) is 6.51. The summed E-state index contributed by atoms with van der Waals surface area (Å²) in [6, 6.07) is 4.71. The molecule has 1 fully saturated rings. The number of halogens is 1. The highest BCUT2D eigenvalue weighted by Crippen LogP contribution is 2.33. The maximum absolute atomic E-state index is 13.4. The van der Waals surface area contributed by atoms with E-state index in [0.717, 1.165) is 19.4 Å². The number of rotatable bonds is 5. The average molecular weight is 250 g/mol. The zero-order valence-corrected chi connectivity index (χ0v) is 10.9. The first-order chi connectivity index (χ1) is 8.60. The first kappa shape index (κ1) is 13.2. The Morgan fingerprint density at radius 3 is 2.78 bits per heavy atom. The zero-order chi connectivity index (χ0) is 13.1. The third-order valence-electron chi connectivity index (χ3n) is 3.56. The van der Waals surface area contributed by atoms with Crippen LogP contribution in [0.25, 0.3) is 0 Å². The lowest BCUT2D eigenvalue weighted by Crippen LogP contribution is -2.32. The fourth-order valence-electron chi connectivity index (χ4n) is 2.36. The van der Waals surface area contributed by atoms with Crippen molar-refractivity contribution in [3.8, 4) is 0 Å². The van der Waals surface area contributed by atoms with Crippen LogP contribution in [0.1, 0.15) is 42.1 Å². The van der Waals surface area contributed by atoms with Crippen molar-refractivity contribution in [2.45, 2.75) is 39.2 Å². The summed E-state index contributed by atoms with van der Waals surface area (Å²) in [7, 11) is 0. The molecular formula is C15H19FO2. The molecule has 0 saturated heterocycles. The molecule has 0 amide bonds. The van der Waals surface area contributed by atoms with Crippen LogP contribution in [0.15, 0.2) is 18.2 Å². The maximum Gasteiger partial charge on any atom is 0.163 e. The van der Waals surface area contributed by atoms with Crippen LogP contribution in [-0.2, 0) is 4.74 Å². The SMILES string of the molecule is CCOC1CC(CC(=O)c2ccc(C)c(F)c2)C1. The fourth-order valence-corrected chi connectivity index (χ4v) is 2.36. The maximum atomic E-state index is 13.4. The first-order valence-corrected chi connectivity index (χ1v) is 6.51. The second kappa shape index (κ2) is 5.61. The van der Waals surface area contributed by atoms with Crippen molar-refractivity contribution >= 4 is 5.78 Å². The van der Waals surface area contributed by atoms with Gasteiger partial charge in [-0.1, -0.05) is 12.1 Å². The highest BCUT2D eigenvalue weighted by Gasteiger charge is 2.31. The number of aryl methyl sites for hydroxylation is 1. The molecular weight excluding hydrogens is 231 g/mol. The van der Waals surface area contributed by atoms with E-state index >= 15 is 0 Å². The molecule has 0 N–H and O–H groups in total. The largest absolute Gasteiger partial charge is 0.378 e. The lowest BCUT2D eigenvalue weighted by molar-refractivity contribution is -0.0246. The van der Waals surface area contributed by atoms with Crippen molar-refractivity contribution in [3.63, 3.8) is 0 Å². The normalized spacial score (nSPS) is 22.6. The van der Waals surface area contributed by atoms with Crippen molar-refractivity contribution in [1.29, 1.82) is 0 Å². The van der Waals surface area contributed by atoms with Gasteiger partial charge in [-0.25, -0.2) is 4.39 Å². The molecule has 0 radical (unpaired) electrons. The number of hydrogen-bond donors (Lipinski definition) is 0. The molecule has 1 saturated carbocycles. The van der Waals surface area contributed by atoms with Gasteiger partial charge in [0.05, 0.1) is 6.10 Å². The van der Waals surface area contributed by atoms with Gasteiger partial charge in [-0.3, -0.25) is 4.79 Å². The number of hydrogen-bond acceptors (Lipinski definition) is 2. The molecule has 2 nitrogen and oxygen atoms in total. The summed E-state index contributed by atoms with van der Waals surface area (Å²) in [5.41, 5.74) is 1.06. The lowest BCUT2D eigenvalue weighted by Gasteiger charge is -2.34. The highest BCUT2D eigenvalue weighted by atomic mass is 19.1. The zero-order valence-electron chi connectivity index (χ0n) is 10.9. The van der Waals surface area contributed by atoms with E-state index < -0.39 is 0 Å². The van der Waals surface area contributed by atoms with Gasteiger partial charge in [-0.05, 0) is 44.2 Å². The van der Waals surface area contributed by atoms with Crippen molar-refractivity contribution < 1.29 is 13.9 Å². The van der Waals surface area contributed by atoms with Gasteiger partial charge in [-0.15, -0.1) is 0 Å². The molecule has 0 unspecified atom stereocenters. The van der Waals surface area contributed by atoms with E-state index in [2.05, 4.69) is 0 Å². The van der Waals surface area contributed by atoms with Gasteiger partial charge in [0.25, 0.3) is 0 Å². The Kier molecular flexibility index (Phi) is 4.12. The quantitative estimate of drug-likeness (QED) is 0.747. The molecule has 0 aliphatic heterocycles. The average Bonchev–Trinajstić information content (AvgIpc) is 2.30. The van der Waals surface area contributed by atoms with Gasteiger partial charge < -0.3 is 4.74 Å². The highest BCUT2D eigenvalue weighted by molar-refractivity contribution is 5.96. The van der Waals surface area contributed by atoms with E-state index in [1.165, 1.54) is 6.07 Å². The lowest BCUT2D eigenvalue weighted by atomic mass is 9.78. The van der Waals surface area contributed by atoms with Gasteiger partial charge in [0.15, 0.2) is 5.78 Å². The molecule has 98 valence electrons. The van der Waals surface area contributed by atoms with Crippen LogP contribution < -0.4 is 0 Å². The van der Waals surface area contributed by atoms with E-state index in [9.17, 15) is 9.18 Å². The number of carbonyl (C=O) groups excluding carboxylic acids is 1. The smallest absolute Gasteiger partial charge is 0.163 e. The Morgan fingerprint density at radius 2 is 2.17 bits per heavy atom. The summed E-state index contributed by atoms with van der Waals surface area (Å²) >= 11 is 0. The molecule has 1 aromatic rings. The molecule has 0 atom stereocenters. The number of carbonyl (C=O) groups is 1. The minimum Gasteiger partial charge on any atom is -0.378 e. The Morgan fingerprint density at radius 1 is 1.44 bits per heavy atom. The van der Waals surface area contributed by atoms with Gasteiger partial charge >= 0.3 is 0 Å². The molecule has 1 aliphatic carbocycles. The van der Waals surface area contributed by atoms with E-state index in [0.29, 0.717) is 29.6 Å². The number of ether oxygens (including phenoxy) is 1. The Balaban J connectivity index is 1.87. The summed E-state index contributed by atoms with van der Waals surface area (Å²) in [4.78, 5) is 12.0. The van der Waals surface area contributed by atoms with Crippen molar-refractivity contribution in [2.75, 3.05) is 6.61 Å². The third kappa shape index (κ3) is 2.96. The van der Waals surface area contributed by atoms with E-state index in [1.807, 2.05) is 6.92 Å². The van der Waals surface area contributed by atoms with Crippen molar-refractivity contribution in [1.82, 2.24) is 0 Å². The van der Waals surface area contributed by atoms with Crippen LogP contribution in [0.2, 0.25) is 0 Å². The summed E-state index contributed by atoms with van der Waals surface area (Å²) < 4.78 is 18.8. The van der Waals surface area contributed by atoms with Crippen molar-refractivity contribution in [3.05, 3.63) is 35.1 Å². The minimum absolute atomic E-state index is 0.0360. The van der Waals surface area contributed by atoms with Gasteiger partial charge in [0, 0.05) is 18.6 Å². The number of benzene rings is 1. The Bertz CT molecular complexity index is 436. The van der Waals surface area contributed by atoms with Crippen molar-refractivity contribution in [2.24, 2.45) is 5.92 Å². The standard InChI is InChI=1S/C15H19FO2/c1-3-18-13-6-11(7-13)8-15(17)12-5-4-10(2)14(16)9-12/h4-5,9,11,13H,3,6-8H2,1-2H3. The molecule has 2 rings (SSSR count). The number of Topliss-reactive ketones (excluding diaryl/α,β-unsaturated/α-hetero) is 1. The summed E-state index contributed by atoms with van der Waals surface area (Å²) in [5.74, 6) is 0.133. The topological polar surface area (TPSA) is 26.3 Å². The summed E-state index contributed by atoms with van der Waals surface area (Å²) in [6.07, 6.45) is 2.73. The van der Waals surface area contributed by atoms with E-state index in [1.54, 1.807) is 19.1 Å². The fraction of sp³-hybridized carbons (Fsp3) is 0.533. The van der Waals surface area contributed by atoms with Gasteiger partial charge in [-0.2, -0.15) is 0 Å². The monoisotopic (exact) mass is 250 g/mol. The summed E-state index contributed by atoms with van der Waals surface area (Å²) in [5, 5.41) is 0. The molecule has 18 heavy (non-hydrogen) atoms. The van der Waals surface area contributed by atoms with Crippen LogP contribution in [0.4, 0.5) is 4.39 Å². The van der Waals surface area contributed by atoms with Crippen LogP contribution in [0.3, 0.4) is 0 Å². The van der Waals surface area contributed by atoms with Crippen LogP contribution in [0, 0.1) is 18.7 Å². The second-order valence-electron chi connectivity index (χ2n) is 5.01. The predicted molar refractivity (Wildman–Crippen MR) is 68.2 cm³/mol. The molecule has 0 spiro atoms. The van der Waals surface area contributed by atoms with E-state index in [4.69, 9.17) is 4.74 Å². The minimum atomic E-state index is -0.304. The molecule has 0 aromatic heterocycles. The Hall–Kier alpha value is -1.22. The molecule has 3 heteroatoms. The predicted octanol–water partition coefficient (Wildman–Crippen LogP) is 3.52.